The number of carbonyl (C=O) groups excluding carboxylic acids is 1. The molecule has 0 unspecified atom stereocenters. The van der Waals surface area contributed by atoms with Crippen LogP contribution in [0.5, 0.6) is 0 Å². The quantitative estimate of drug-likeness (QED) is 0.506. The first-order valence-electron chi connectivity index (χ1n) is 7.84. The first kappa shape index (κ1) is 17.3. The van der Waals surface area contributed by atoms with Crippen LogP contribution in [0.4, 0.5) is 11.4 Å². The Morgan fingerprint density at radius 3 is 2.62 bits per heavy atom. The Bertz CT molecular complexity index is 678. The number of rotatable bonds is 5. The molecule has 0 spiro atoms. The van der Waals surface area contributed by atoms with Gasteiger partial charge in [-0.2, -0.15) is 15.6 Å². The van der Waals surface area contributed by atoms with Crippen LogP contribution in [0.2, 0.25) is 0 Å². The lowest BCUT2D eigenvalue weighted by molar-refractivity contribution is -0.148. The first-order valence-corrected chi connectivity index (χ1v) is 7.84. The summed E-state index contributed by atoms with van der Waals surface area (Å²) in [4.78, 5) is 14.0. The van der Waals surface area contributed by atoms with Crippen molar-refractivity contribution in [3.05, 3.63) is 24.3 Å². The van der Waals surface area contributed by atoms with Crippen LogP contribution in [0.15, 0.2) is 29.4 Å². The van der Waals surface area contributed by atoms with Crippen LogP contribution < -0.4 is 10.3 Å². The van der Waals surface area contributed by atoms with Crippen molar-refractivity contribution in [1.29, 1.82) is 10.5 Å². The van der Waals surface area contributed by atoms with Crippen LogP contribution in [-0.2, 0) is 9.53 Å². The van der Waals surface area contributed by atoms with Crippen molar-refractivity contribution in [3.63, 3.8) is 0 Å². The molecule has 0 amide bonds. The van der Waals surface area contributed by atoms with Crippen LogP contribution in [0.25, 0.3) is 0 Å². The molecule has 1 aromatic carbocycles. The summed E-state index contributed by atoms with van der Waals surface area (Å²) in [6.45, 7) is 3.68. The number of benzene rings is 1. The highest BCUT2D eigenvalue weighted by atomic mass is 16.5. The zero-order chi connectivity index (χ0) is 17.4. The number of ether oxygens (including phenoxy) is 1. The summed E-state index contributed by atoms with van der Waals surface area (Å²) in [5.74, 6) is -0.177. The van der Waals surface area contributed by atoms with Gasteiger partial charge in [-0.1, -0.05) is 12.1 Å². The van der Waals surface area contributed by atoms with Crippen molar-refractivity contribution in [2.24, 2.45) is 11.0 Å². The first-order chi connectivity index (χ1) is 11.7. The number of carbonyl (C=O) groups is 1. The highest BCUT2D eigenvalue weighted by Crippen LogP contribution is 2.30. The van der Waals surface area contributed by atoms with E-state index in [1.165, 1.54) is 0 Å². The zero-order valence-corrected chi connectivity index (χ0v) is 13.5. The molecule has 0 bridgehead atoms. The normalized spacial score (nSPS) is 14.2. The highest BCUT2D eigenvalue weighted by Gasteiger charge is 2.26. The molecule has 2 rings (SSSR count). The molecule has 0 saturated carbocycles. The number of hydrogen-bond acceptors (Lipinski definition) is 7. The Kier molecular flexibility index (Phi) is 6.16. The lowest BCUT2D eigenvalue weighted by atomic mass is 9.96. The summed E-state index contributed by atoms with van der Waals surface area (Å²) in [6.07, 6.45) is 1.47. The smallest absolute Gasteiger partial charge is 0.309 e. The maximum atomic E-state index is 11.8. The van der Waals surface area contributed by atoms with E-state index in [1.54, 1.807) is 12.1 Å². The predicted molar refractivity (Wildman–Crippen MR) is 90.3 cm³/mol. The van der Waals surface area contributed by atoms with Gasteiger partial charge in [0.15, 0.2) is 0 Å². The van der Waals surface area contributed by atoms with Gasteiger partial charge in [0, 0.05) is 13.1 Å². The molecule has 0 aliphatic carbocycles. The van der Waals surface area contributed by atoms with E-state index in [0.717, 1.165) is 37.3 Å². The number of para-hydroxylation sites is 2. The van der Waals surface area contributed by atoms with Gasteiger partial charge in [0.1, 0.15) is 12.1 Å². The lowest BCUT2D eigenvalue weighted by Gasteiger charge is -2.33. The van der Waals surface area contributed by atoms with Gasteiger partial charge in [0.05, 0.1) is 23.9 Å². The molecule has 1 N–H and O–H groups in total. The Balaban J connectivity index is 2.06. The van der Waals surface area contributed by atoms with Gasteiger partial charge in [0.25, 0.3) is 0 Å². The third kappa shape index (κ3) is 4.23. The molecule has 1 fully saturated rings. The zero-order valence-electron chi connectivity index (χ0n) is 13.5. The van der Waals surface area contributed by atoms with E-state index in [0.29, 0.717) is 6.61 Å². The Morgan fingerprint density at radius 1 is 1.33 bits per heavy atom. The largest absolute Gasteiger partial charge is 0.466 e. The molecule has 0 aromatic heterocycles. The van der Waals surface area contributed by atoms with E-state index in [2.05, 4.69) is 15.4 Å². The SMILES string of the molecule is CCOC(=O)C1CCN(c2ccccc2NN=C(C#N)C#N)CC1. The number of nitrogens with one attached hydrogen (secondary N) is 1. The van der Waals surface area contributed by atoms with Gasteiger partial charge >= 0.3 is 5.97 Å². The minimum Gasteiger partial charge on any atom is -0.466 e. The van der Waals surface area contributed by atoms with Gasteiger partial charge < -0.3 is 9.64 Å². The number of hydrazone groups is 1. The molecule has 124 valence electrons. The van der Waals surface area contributed by atoms with E-state index < -0.39 is 0 Å². The molecule has 1 saturated heterocycles. The molecule has 1 aromatic rings. The third-order valence-corrected chi connectivity index (χ3v) is 3.86. The van der Waals surface area contributed by atoms with E-state index in [1.807, 2.05) is 31.2 Å². The minimum atomic E-state index is -0.231. The molecule has 1 aliphatic heterocycles. The van der Waals surface area contributed by atoms with E-state index in [4.69, 9.17) is 15.3 Å². The Labute approximate surface area is 141 Å². The maximum absolute atomic E-state index is 11.8. The fraction of sp³-hybridized carbons (Fsp3) is 0.412. The molecule has 1 aliphatic rings. The van der Waals surface area contributed by atoms with Gasteiger partial charge in [-0.05, 0) is 31.9 Å². The van der Waals surface area contributed by atoms with Crippen molar-refractivity contribution in [3.8, 4) is 12.1 Å². The topological polar surface area (TPSA) is 102 Å². The summed E-state index contributed by atoms with van der Waals surface area (Å²) in [7, 11) is 0. The average Bonchev–Trinajstić information content (AvgIpc) is 2.63. The predicted octanol–water partition coefficient (Wildman–Crippen LogP) is 2.28. The number of esters is 1. The Hall–Kier alpha value is -3.06. The summed E-state index contributed by atoms with van der Waals surface area (Å²) in [5.41, 5.74) is 4.19. The van der Waals surface area contributed by atoms with Crippen LogP contribution in [0.3, 0.4) is 0 Å². The van der Waals surface area contributed by atoms with Crippen molar-refractivity contribution in [2.45, 2.75) is 19.8 Å². The lowest BCUT2D eigenvalue weighted by Crippen LogP contribution is -2.37. The van der Waals surface area contributed by atoms with E-state index >= 15 is 0 Å². The second-order valence-electron chi connectivity index (χ2n) is 5.33. The average molecular weight is 325 g/mol. The van der Waals surface area contributed by atoms with Crippen molar-refractivity contribution < 1.29 is 9.53 Å². The summed E-state index contributed by atoms with van der Waals surface area (Å²) in [5, 5.41) is 21.3. The Morgan fingerprint density at radius 2 is 2.00 bits per heavy atom. The molecule has 7 nitrogen and oxygen atoms in total. The number of anilines is 2. The van der Waals surface area contributed by atoms with Crippen molar-refractivity contribution in [2.75, 3.05) is 30.0 Å². The summed E-state index contributed by atoms with van der Waals surface area (Å²) < 4.78 is 5.09. The monoisotopic (exact) mass is 325 g/mol. The van der Waals surface area contributed by atoms with Gasteiger partial charge in [-0.15, -0.1) is 0 Å². The van der Waals surface area contributed by atoms with Crippen LogP contribution in [-0.4, -0.2) is 31.4 Å². The van der Waals surface area contributed by atoms with Gasteiger partial charge in [-0.25, -0.2) is 0 Å². The molecule has 0 atom stereocenters. The van der Waals surface area contributed by atoms with Crippen molar-refractivity contribution >= 4 is 23.1 Å². The fourth-order valence-corrected chi connectivity index (χ4v) is 2.65. The summed E-state index contributed by atoms with van der Waals surface area (Å²) in [6, 6.07) is 11.0. The number of nitrogens with zero attached hydrogens (tertiary/aromatic N) is 4. The van der Waals surface area contributed by atoms with Gasteiger partial charge in [0.2, 0.25) is 5.71 Å². The van der Waals surface area contributed by atoms with Crippen LogP contribution >= 0.6 is 0 Å². The molecule has 0 radical (unpaired) electrons. The standard InChI is InChI=1S/C17H19N5O2/c1-2-24-17(23)13-7-9-22(10-8-13)16-6-4-3-5-15(16)21-20-14(11-18)12-19/h3-6,13,21H,2,7-10H2,1H3. The van der Waals surface area contributed by atoms with Crippen LogP contribution in [0, 0.1) is 28.6 Å². The highest BCUT2D eigenvalue weighted by molar-refractivity contribution is 6.10. The second-order valence-corrected chi connectivity index (χ2v) is 5.33. The maximum Gasteiger partial charge on any atom is 0.309 e. The fourth-order valence-electron chi connectivity index (χ4n) is 2.65. The van der Waals surface area contributed by atoms with E-state index in [-0.39, 0.29) is 17.6 Å². The van der Waals surface area contributed by atoms with E-state index in [9.17, 15) is 4.79 Å². The number of piperidine rings is 1. The number of nitriles is 2. The molecule has 7 heteroatoms. The summed E-state index contributed by atoms with van der Waals surface area (Å²) >= 11 is 0. The third-order valence-electron chi connectivity index (χ3n) is 3.86. The molecular weight excluding hydrogens is 306 g/mol. The minimum absolute atomic E-state index is 0.0527. The molecule has 1 heterocycles. The second kappa shape index (κ2) is 8.54. The molecule has 24 heavy (non-hydrogen) atoms. The van der Waals surface area contributed by atoms with Crippen LogP contribution in [0.1, 0.15) is 19.8 Å². The van der Waals surface area contributed by atoms with Crippen molar-refractivity contribution in [1.82, 2.24) is 0 Å². The number of hydrogen-bond donors (Lipinski definition) is 1. The molecular formula is C17H19N5O2. The van der Waals surface area contributed by atoms with Gasteiger partial charge in [-0.3, -0.25) is 10.2 Å².